The SMILES string of the molecule is CN(C)c1ccc2c(c1)OC(N)=C(S(=O)(=O)c1ccccc1)C2c1ccc([N+](=O)[O-])cc1. The Kier molecular flexibility index (Phi) is 5.35. The van der Waals surface area contributed by atoms with Gasteiger partial charge in [0.25, 0.3) is 5.69 Å². The summed E-state index contributed by atoms with van der Waals surface area (Å²) in [5.41, 5.74) is 8.13. The highest BCUT2D eigenvalue weighted by atomic mass is 32.2. The number of hydrogen-bond acceptors (Lipinski definition) is 7. The third kappa shape index (κ3) is 3.67. The summed E-state index contributed by atoms with van der Waals surface area (Å²) in [4.78, 5) is 12.5. The summed E-state index contributed by atoms with van der Waals surface area (Å²) in [6, 6.07) is 19.2. The topological polar surface area (TPSA) is 116 Å². The fraction of sp³-hybridized carbons (Fsp3) is 0.130. The van der Waals surface area contributed by atoms with Gasteiger partial charge in [0.2, 0.25) is 15.7 Å². The zero-order chi connectivity index (χ0) is 23.0. The highest BCUT2D eigenvalue weighted by Crippen LogP contribution is 2.47. The van der Waals surface area contributed by atoms with Gasteiger partial charge in [0, 0.05) is 43.5 Å². The minimum atomic E-state index is -4.02. The summed E-state index contributed by atoms with van der Waals surface area (Å²) >= 11 is 0. The Morgan fingerprint density at radius 2 is 1.66 bits per heavy atom. The maximum absolute atomic E-state index is 13.6. The fourth-order valence-electron chi connectivity index (χ4n) is 3.71. The van der Waals surface area contributed by atoms with Crippen LogP contribution in [0.1, 0.15) is 17.0 Å². The van der Waals surface area contributed by atoms with Crippen molar-refractivity contribution >= 4 is 21.2 Å². The number of sulfone groups is 1. The number of anilines is 1. The molecule has 1 atom stereocenters. The molecule has 8 nitrogen and oxygen atoms in total. The molecule has 0 amide bonds. The second-order valence-corrected chi connectivity index (χ2v) is 9.46. The van der Waals surface area contributed by atoms with Gasteiger partial charge in [0.05, 0.1) is 15.7 Å². The number of nitrogens with two attached hydrogens (primary N) is 1. The lowest BCUT2D eigenvalue weighted by Crippen LogP contribution is -2.26. The van der Waals surface area contributed by atoms with Gasteiger partial charge in [0.15, 0.2) is 0 Å². The molecular weight excluding hydrogens is 430 g/mol. The Hall–Kier alpha value is -3.85. The van der Waals surface area contributed by atoms with Crippen molar-refractivity contribution in [3.8, 4) is 5.75 Å². The number of nitro groups is 1. The van der Waals surface area contributed by atoms with Gasteiger partial charge in [-0.15, -0.1) is 0 Å². The van der Waals surface area contributed by atoms with E-state index < -0.39 is 20.7 Å². The summed E-state index contributed by atoms with van der Waals surface area (Å²) < 4.78 is 33.0. The van der Waals surface area contributed by atoms with E-state index >= 15 is 0 Å². The van der Waals surface area contributed by atoms with E-state index in [4.69, 9.17) is 10.5 Å². The normalized spacial score (nSPS) is 15.6. The first-order chi connectivity index (χ1) is 15.2. The molecule has 0 bridgehead atoms. The van der Waals surface area contributed by atoms with Crippen molar-refractivity contribution < 1.29 is 18.1 Å². The Balaban J connectivity index is 1.95. The van der Waals surface area contributed by atoms with Crippen molar-refractivity contribution in [3.05, 3.63) is 105 Å². The largest absolute Gasteiger partial charge is 0.440 e. The second-order valence-electron chi connectivity index (χ2n) is 7.55. The van der Waals surface area contributed by atoms with Crippen LogP contribution < -0.4 is 15.4 Å². The van der Waals surface area contributed by atoms with Crippen LogP contribution >= 0.6 is 0 Å². The van der Waals surface area contributed by atoms with Gasteiger partial charge in [-0.25, -0.2) is 8.42 Å². The molecule has 0 saturated heterocycles. The van der Waals surface area contributed by atoms with Gasteiger partial charge >= 0.3 is 0 Å². The van der Waals surface area contributed by atoms with Crippen molar-refractivity contribution in [2.45, 2.75) is 10.8 Å². The summed E-state index contributed by atoms with van der Waals surface area (Å²) in [5.74, 6) is -0.578. The molecule has 1 aliphatic rings. The van der Waals surface area contributed by atoms with Gasteiger partial charge < -0.3 is 15.4 Å². The highest BCUT2D eigenvalue weighted by molar-refractivity contribution is 7.95. The Bertz CT molecular complexity index is 1320. The van der Waals surface area contributed by atoms with Crippen molar-refractivity contribution in [1.82, 2.24) is 0 Å². The smallest absolute Gasteiger partial charge is 0.269 e. The molecule has 0 aliphatic carbocycles. The van der Waals surface area contributed by atoms with E-state index in [0.29, 0.717) is 16.9 Å². The zero-order valence-corrected chi connectivity index (χ0v) is 18.2. The van der Waals surface area contributed by atoms with Crippen LogP contribution in [0, 0.1) is 10.1 Å². The van der Waals surface area contributed by atoms with Crippen molar-refractivity contribution in [2.75, 3.05) is 19.0 Å². The molecule has 32 heavy (non-hydrogen) atoms. The lowest BCUT2D eigenvalue weighted by molar-refractivity contribution is -0.384. The van der Waals surface area contributed by atoms with Gasteiger partial charge in [-0.05, 0) is 23.8 Å². The van der Waals surface area contributed by atoms with E-state index in [9.17, 15) is 18.5 Å². The molecule has 9 heteroatoms. The summed E-state index contributed by atoms with van der Waals surface area (Å²) in [5, 5.41) is 11.1. The molecule has 0 saturated carbocycles. The molecule has 3 aromatic rings. The monoisotopic (exact) mass is 451 g/mol. The lowest BCUT2D eigenvalue weighted by atomic mass is 9.88. The number of nitro benzene ring substituents is 1. The van der Waals surface area contributed by atoms with E-state index in [2.05, 4.69) is 0 Å². The van der Waals surface area contributed by atoms with Gasteiger partial charge in [-0.2, -0.15) is 0 Å². The number of nitrogens with zero attached hydrogens (tertiary/aromatic N) is 2. The number of fused-ring (bicyclic) bond motifs is 1. The summed E-state index contributed by atoms with van der Waals surface area (Å²) in [6.07, 6.45) is 0. The highest BCUT2D eigenvalue weighted by Gasteiger charge is 2.39. The molecule has 0 spiro atoms. The number of hydrogen-bond donors (Lipinski definition) is 1. The number of non-ortho nitro benzene ring substituents is 1. The molecule has 0 radical (unpaired) electrons. The zero-order valence-electron chi connectivity index (χ0n) is 17.4. The third-order valence-corrected chi connectivity index (χ3v) is 7.24. The van der Waals surface area contributed by atoms with Crippen molar-refractivity contribution in [3.63, 3.8) is 0 Å². The van der Waals surface area contributed by atoms with E-state index in [1.54, 1.807) is 42.5 Å². The fourth-order valence-corrected chi connectivity index (χ4v) is 5.36. The van der Waals surface area contributed by atoms with Gasteiger partial charge in [-0.1, -0.05) is 36.4 Å². The third-order valence-electron chi connectivity index (χ3n) is 5.33. The predicted octanol–water partition coefficient (Wildman–Crippen LogP) is 3.79. The van der Waals surface area contributed by atoms with Crippen LogP contribution in [0.2, 0.25) is 0 Å². The van der Waals surface area contributed by atoms with Crippen LogP contribution in [0.4, 0.5) is 11.4 Å². The quantitative estimate of drug-likeness (QED) is 0.463. The van der Waals surface area contributed by atoms with Crippen LogP contribution in [0.5, 0.6) is 5.75 Å². The minimum Gasteiger partial charge on any atom is -0.440 e. The Morgan fingerprint density at radius 1 is 1.00 bits per heavy atom. The number of allylic oxidation sites excluding steroid dienone is 1. The van der Waals surface area contributed by atoms with Gasteiger partial charge in [-0.3, -0.25) is 10.1 Å². The van der Waals surface area contributed by atoms with Crippen LogP contribution in [0.25, 0.3) is 0 Å². The maximum Gasteiger partial charge on any atom is 0.269 e. The summed E-state index contributed by atoms with van der Waals surface area (Å²) in [6.45, 7) is 0. The molecule has 1 unspecified atom stereocenters. The molecule has 1 heterocycles. The van der Waals surface area contributed by atoms with Crippen molar-refractivity contribution in [1.29, 1.82) is 0 Å². The molecule has 1 aliphatic heterocycles. The van der Waals surface area contributed by atoms with Gasteiger partial charge in [0.1, 0.15) is 10.7 Å². The Morgan fingerprint density at radius 3 is 2.25 bits per heavy atom. The van der Waals surface area contributed by atoms with E-state index in [1.165, 1.54) is 24.3 Å². The predicted molar refractivity (Wildman–Crippen MR) is 121 cm³/mol. The van der Waals surface area contributed by atoms with Crippen molar-refractivity contribution in [2.24, 2.45) is 5.73 Å². The molecule has 0 aromatic heterocycles. The average molecular weight is 452 g/mol. The van der Waals surface area contributed by atoms with Crippen LogP contribution in [-0.2, 0) is 9.84 Å². The second kappa shape index (κ2) is 8.01. The molecule has 3 aromatic carbocycles. The Labute approximate surface area is 185 Å². The van der Waals surface area contributed by atoms with Crippen LogP contribution in [0.15, 0.2) is 88.5 Å². The molecular formula is C23H21N3O5S. The van der Waals surface area contributed by atoms with Crippen LogP contribution in [0.3, 0.4) is 0 Å². The van der Waals surface area contributed by atoms with Crippen LogP contribution in [-0.4, -0.2) is 27.4 Å². The van der Waals surface area contributed by atoms with E-state index in [0.717, 1.165) is 5.69 Å². The van der Waals surface area contributed by atoms with E-state index in [1.807, 2.05) is 25.1 Å². The maximum atomic E-state index is 13.6. The molecule has 0 fully saturated rings. The minimum absolute atomic E-state index is 0.0850. The first-order valence-electron chi connectivity index (χ1n) is 9.73. The first-order valence-corrected chi connectivity index (χ1v) is 11.2. The summed E-state index contributed by atoms with van der Waals surface area (Å²) in [7, 11) is -0.263. The number of rotatable bonds is 5. The number of benzene rings is 3. The standard InChI is InChI=1S/C23H21N3O5S/c1-25(2)17-12-13-19-20(14-17)31-23(24)22(32(29,30)18-6-4-3-5-7-18)21(19)15-8-10-16(11-9-15)26(27)28/h3-14,21H,24H2,1-2H3. The lowest BCUT2D eigenvalue weighted by Gasteiger charge is -2.30. The molecule has 2 N–H and O–H groups in total. The molecule has 4 rings (SSSR count). The average Bonchev–Trinajstić information content (AvgIpc) is 2.78. The van der Waals surface area contributed by atoms with E-state index in [-0.39, 0.29) is 21.4 Å². The molecule has 164 valence electrons. The number of ether oxygens (including phenoxy) is 1. The first kappa shape index (κ1) is 21.4.